The fraction of sp³-hybridized carbons (Fsp3) is 0.417. The number of carbonyl (C=O) groups excluding carboxylic acids is 1. The minimum atomic E-state index is -4.04. The van der Waals surface area contributed by atoms with Crippen molar-refractivity contribution in [2.45, 2.75) is 4.90 Å². The molecule has 0 saturated carbocycles. The van der Waals surface area contributed by atoms with Gasteiger partial charge in [-0.15, -0.1) is 0 Å². The number of ether oxygens (including phenoxy) is 3. The van der Waals surface area contributed by atoms with Crippen molar-refractivity contribution in [2.24, 2.45) is 5.14 Å². The Morgan fingerprint density at radius 3 is 2.38 bits per heavy atom. The molecule has 0 aromatic heterocycles. The second kappa shape index (κ2) is 7.25. The summed E-state index contributed by atoms with van der Waals surface area (Å²) in [4.78, 5) is 11.9. The Kier molecular flexibility index (Phi) is 5.94. The van der Waals surface area contributed by atoms with Crippen molar-refractivity contribution in [1.82, 2.24) is 5.32 Å². The normalized spacial score (nSPS) is 11.0. The smallest absolute Gasteiger partial charge is 0.258 e. The maximum atomic E-state index is 12.2. The van der Waals surface area contributed by atoms with Crippen LogP contribution in [0, 0.1) is 0 Å². The summed E-state index contributed by atoms with van der Waals surface area (Å²) in [6.45, 7) is 0.562. The van der Waals surface area contributed by atoms with Gasteiger partial charge in [-0.1, -0.05) is 0 Å². The van der Waals surface area contributed by atoms with E-state index in [0.717, 1.165) is 0 Å². The second-order valence-corrected chi connectivity index (χ2v) is 5.50. The van der Waals surface area contributed by atoms with Crippen LogP contribution in [0.1, 0.15) is 10.4 Å². The first kappa shape index (κ1) is 17.2. The van der Waals surface area contributed by atoms with Crippen LogP contribution in [-0.4, -0.2) is 48.8 Å². The van der Waals surface area contributed by atoms with Crippen molar-refractivity contribution in [3.8, 4) is 11.5 Å². The van der Waals surface area contributed by atoms with Crippen LogP contribution in [0.25, 0.3) is 0 Å². The van der Waals surface area contributed by atoms with Gasteiger partial charge in [0.05, 0.1) is 20.8 Å². The first-order chi connectivity index (χ1) is 9.86. The van der Waals surface area contributed by atoms with Crippen LogP contribution in [-0.2, 0) is 14.8 Å². The van der Waals surface area contributed by atoms with Gasteiger partial charge in [0.25, 0.3) is 5.91 Å². The van der Waals surface area contributed by atoms with Crippen molar-refractivity contribution >= 4 is 15.9 Å². The molecule has 9 heteroatoms. The molecule has 0 atom stereocenters. The molecule has 0 fully saturated rings. The fourth-order valence-corrected chi connectivity index (χ4v) is 2.41. The fourth-order valence-electron chi connectivity index (χ4n) is 1.71. The van der Waals surface area contributed by atoms with Crippen molar-refractivity contribution < 1.29 is 27.4 Å². The Labute approximate surface area is 123 Å². The van der Waals surface area contributed by atoms with E-state index in [1.807, 2.05) is 0 Å². The average Bonchev–Trinajstić information content (AvgIpc) is 2.44. The van der Waals surface area contributed by atoms with E-state index in [1.54, 1.807) is 0 Å². The molecule has 1 aromatic carbocycles. The van der Waals surface area contributed by atoms with Gasteiger partial charge in [0.2, 0.25) is 10.0 Å². The molecule has 0 bridgehead atoms. The highest BCUT2D eigenvalue weighted by Gasteiger charge is 2.25. The Morgan fingerprint density at radius 1 is 1.24 bits per heavy atom. The highest BCUT2D eigenvalue weighted by molar-refractivity contribution is 7.89. The predicted octanol–water partition coefficient (Wildman–Crippen LogP) is -0.273. The van der Waals surface area contributed by atoms with Crippen LogP contribution in [0.4, 0.5) is 0 Å². The van der Waals surface area contributed by atoms with E-state index in [0.29, 0.717) is 6.61 Å². The Morgan fingerprint density at radius 2 is 1.90 bits per heavy atom. The zero-order valence-corrected chi connectivity index (χ0v) is 12.8. The van der Waals surface area contributed by atoms with Crippen molar-refractivity contribution in [1.29, 1.82) is 0 Å². The number of amides is 1. The monoisotopic (exact) mass is 318 g/mol. The number of nitrogens with one attached hydrogen (secondary N) is 1. The van der Waals surface area contributed by atoms with Crippen LogP contribution in [0.3, 0.4) is 0 Å². The van der Waals surface area contributed by atoms with Crippen LogP contribution in [0.15, 0.2) is 17.0 Å². The lowest BCUT2D eigenvalue weighted by Gasteiger charge is -2.15. The number of nitrogens with two attached hydrogens (primary N) is 1. The van der Waals surface area contributed by atoms with E-state index in [2.05, 4.69) is 5.32 Å². The van der Waals surface area contributed by atoms with Crippen LogP contribution in [0.5, 0.6) is 11.5 Å². The van der Waals surface area contributed by atoms with Crippen LogP contribution < -0.4 is 19.9 Å². The molecule has 0 aliphatic rings. The molecule has 21 heavy (non-hydrogen) atoms. The maximum Gasteiger partial charge on any atom is 0.258 e. The standard InChI is InChI=1S/C12H18N2O6S/c1-18-7-6-14-12(15)10-8(19-2)4-5-9(11(10)20-3)21(13,16)17/h4-5H,6-7H2,1-3H3,(H,14,15)(H2,13,16,17). The lowest BCUT2D eigenvalue weighted by atomic mass is 10.1. The predicted molar refractivity (Wildman–Crippen MR) is 75.1 cm³/mol. The first-order valence-electron chi connectivity index (χ1n) is 5.91. The molecule has 0 spiro atoms. The summed E-state index contributed by atoms with van der Waals surface area (Å²) in [5.41, 5.74) is -0.0392. The molecule has 8 nitrogen and oxygen atoms in total. The van der Waals surface area contributed by atoms with Gasteiger partial charge in [-0.05, 0) is 12.1 Å². The molecule has 1 aromatic rings. The van der Waals surface area contributed by atoms with Gasteiger partial charge in [0, 0.05) is 13.7 Å². The number of hydrogen-bond donors (Lipinski definition) is 2. The van der Waals surface area contributed by atoms with Crippen molar-refractivity contribution in [3.05, 3.63) is 17.7 Å². The summed E-state index contributed by atoms with van der Waals surface area (Å²) in [5, 5.41) is 7.68. The van der Waals surface area contributed by atoms with Gasteiger partial charge >= 0.3 is 0 Å². The average molecular weight is 318 g/mol. The van der Waals surface area contributed by atoms with Crippen LogP contribution in [0.2, 0.25) is 0 Å². The molecule has 0 radical (unpaired) electrons. The van der Waals surface area contributed by atoms with Gasteiger partial charge in [-0.2, -0.15) is 0 Å². The summed E-state index contributed by atoms with van der Waals surface area (Å²) < 4.78 is 38.0. The topological polar surface area (TPSA) is 117 Å². The summed E-state index contributed by atoms with van der Waals surface area (Å²) in [6.07, 6.45) is 0. The molecule has 0 aliphatic carbocycles. The Hall–Kier alpha value is -1.84. The third kappa shape index (κ3) is 4.06. The van der Waals surface area contributed by atoms with E-state index in [9.17, 15) is 13.2 Å². The lowest BCUT2D eigenvalue weighted by molar-refractivity contribution is 0.0930. The summed E-state index contributed by atoms with van der Waals surface area (Å²) >= 11 is 0. The molecule has 0 unspecified atom stereocenters. The van der Waals surface area contributed by atoms with Crippen molar-refractivity contribution in [2.75, 3.05) is 34.5 Å². The highest BCUT2D eigenvalue weighted by Crippen LogP contribution is 2.34. The zero-order chi connectivity index (χ0) is 16.0. The number of sulfonamides is 1. The number of hydrogen-bond acceptors (Lipinski definition) is 6. The van der Waals surface area contributed by atoms with Gasteiger partial charge in [0.1, 0.15) is 16.2 Å². The van der Waals surface area contributed by atoms with Gasteiger partial charge < -0.3 is 19.5 Å². The Balaban J connectivity index is 3.35. The van der Waals surface area contributed by atoms with E-state index in [-0.39, 0.29) is 28.5 Å². The second-order valence-electron chi connectivity index (χ2n) is 3.97. The highest BCUT2D eigenvalue weighted by atomic mass is 32.2. The number of carbonyl (C=O) groups is 1. The summed E-state index contributed by atoms with van der Waals surface area (Å²) in [7, 11) is 0.0619. The SMILES string of the molecule is COCCNC(=O)c1c(OC)ccc(S(N)(=O)=O)c1OC. The molecule has 1 amide bonds. The number of benzene rings is 1. The summed E-state index contributed by atoms with van der Waals surface area (Å²) in [6, 6.07) is 2.56. The molecule has 0 aliphatic heterocycles. The third-order valence-electron chi connectivity index (χ3n) is 2.63. The number of rotatable bonds is 7. The van der Waals surface area contributed by atoms with E-state index in [4.69, 9.17) is 19.3 Å². The summed E-state index contributed by atoms with van der Waals surface area (Å²) in [5.74, 6) is -0.535. The minimum Gasteiger partial charge on any atom is -0.496 e. The van der Waals surface area contributed by atoms with E-state index < -0.39 is 15.9 Å². The number of methoxy groups -OCH3 is 3. The lowest BCUT2D eigenvalue weighted by Crippen LogP contribution is -2.28. The van der Waals surface area contributed by atoms with Gasteiger partial charge in [-0.3, -0.25) is 4.79 Å². The first-order valence-corrected chi connectivity index (χ1v) is 7.46. The molecule has 1 rings (SSSR count). The zero-order valence-electron chi connectivity index (χ0n) is 12.0. The number of primary sulfonamides is 1. The molecule has 118 valence electrons. The molecule has 0 saturated heterocycles. The van der Waals surface area contributed by atoms with Gasteiger partial charge in [0.15, 0.2) is 5.75 Å². The quantitative estimate of drug-likeness (QED) is 0.668. The van der Waals surface area contributed by atoms with Crippen LogP contribution >= 0.6 is 0 Å². The molecular formula is C12H18N2O6S. The Bertz CT molecular complexity index is 614. The molecule has 0 heterocycles. The van der Waals surface area contributed by atoms with E-state index >= 15 is 0 Å². The van der Waals surface area contributed by atoms with E-state index in [1.165, 1.54) is 33.5 Å². The minimum absolute atomic E-state index is 0.0392. The molecule has 3 N–H and O–H groups in total. The largest absolute Gasteiger partial charge is 0.496 e. The third-order valence-corrected chi connectivity index (χ3v) is 3.57. The molecular weight excluding hydrogens is 300 g/mol. The maximum absolute atomic E-state index is 12.2. The van der Waals surface area contributed by atoms with Gasteiger partial charge in [-0.25, -0.2) is 13.6 Å². The van der Waals surface area contributed by atoms with Crippen molar-refractivity contribution in [3.63, 3.8) is 0 Å².